The molecule has 88 heavy (non-hydrogen) atoms. The van der Waals surface area contributed by atoms with Crippen LogP contribution in [0.25, 0.3) is 44.4 Å². The summed E-state index contributed by atoms with van der Waals surface area (Å²) in [6.07, 6.45) is 1.88. The number of benzene rings is 6. The number of phenolic OH excluding ortho intramolecular Hbond substituents is 2. The van der Waals surface area contributed by atoms with Gasteiger partial charge < -0.3 is 19.7 Å². The van der Waals surface area contributed by atoms with Crippen LogP contribution in [0.15, 0.2) is 116 Å². The Balaban J connectivity index is 1.05. The van der Waals surface area contributed by atoms with Gasteiger partial charge in [0.15, 0.2) is 22.3 Å². The van der Waals surface area contributed by atoms with Crippen molar-refractivity contribution in [3.63, 3.8) is 0 Å². The van der Waals surface area contributed by atoms with Gasteiger partial charge in [-0.1, -0.05) is 156 Å². The van der Waals surface area contributed by atoms with E-state index in [1.165, 1.54) is 23.2 Å². The number of aromatic nitrogens is 8. The van der Waals surface area contributed by atoms with Crippen LogP contribution < -0.4 is 32.0 Å². The van der Waals surface area contributed by atoms with Gasteiger partial charge in [-0.2, -0.15) is 0 Å². The monoisotopic (exact) mass is 1180 g/mol. The van der Waals surface area contributed by atoms with Gasteiger partial charge in [-0.25, -0.2) is 29.5 Å². The highest BCUT2D eigenvalue weighted by molar-refractivity contribution is 5.85. The van der Waals surface area contributed by atoms with Crippen LogP contribution in [0.2, 0.25) is 0 Å². The number of nitrogens with zero attached hydrogens (tertiary/aromatic N) is 8. The van der Waals surface area contributed by atoms with Gasteiger partial charge in [0, 0.05) is 52.9 Å². The minimum absolute atomic E-state index is 0.107. The Morgan fingerprint density at radius 1 is 0.409 bits per heavy atom. The van der Waals surface area contributed by atoms with Crippen molar-refractivity contribution in [2.24, 2.45) is 14.1 Å². The van der Waals surface area contributed by atoms with Crippen LogP contribution in [0, 0.1) is 0 Å². The van der Waals surface area contributed by atoms with E-state index in [4.69, 9.17) is 19.4 Å². The van der Waals surface area contributed by atoms with Crippen LogP contribution in [-0.4, -0.2) is 61.6 Å². The third-order valence-corrected chi connectivity index (χ3v) is 17.2. The van der Waals surface area contributed by atoms with Gasteiger partial charge in [0.05, 0.1) is 35.3 Å². The minimum Gasteiger partial charge on any atom is -0.507 e. The van der Waals surface area contributed by atoms with E-state index < -0.39 is 22.5 Å². The van der Waals surface area contributed by atoms with E-state index in [2.05, 4.69) is 142 Å². The summed E-state index contributed by atoms with van der Waals surface area (Å²) in [5, 5.41) is 25.9. The molecule has 0 spiro atoms. The molecule has 11 rings (SSSR count). The normalized spacial score (nSPS) is 13.2. The molecule has 2 N–H and O–H groups in total. The summed E-state index contributed by atoms with van der Waals surface area (Å²) in [4.78, 5) is 73.6. The zero-order valence-corrected chi connectivity index (χ0v) is 53.2. The molecule has 0 radical (unpaired) electrons. The first kappa shape index (κ1) is 60.8. The van der Waals surface area contributed by atoms with Gasteiger partial charge in [0.1, 0.15) is 23.0 Å². The zero-order valence-electron chi connectivity index (χ0n) is 53.2. The predicted octanol–water partition coefficient (Wildman–Crippen LogP) is 11.8. The number of hydrogen-bond acceptors (Lipinski definition) is 12. The number of fused-ring (bicyclic) bond motifs is 12. The van der Waals surface area contributed by atoms with Crippen molar-refractivity contribution < 1.29 is 19.7 Å². The second-order valence-corrected chi connectivity index (χ2v) is 28.0. The number of rotatable bonds is 10. The molecule has 0 amide bonds. The molecule has 1 aliphatic carbocycles. The van der Waals surface area contributed by atoms with Crippen molar-refractivity contribution in [2.45, 2.75) is 156 Å². The smallest absolute Gasteiger partial charge is 0.332 e. The Labute approximate surface area is 512 Å². The predicted molar refractivity (Wildman–Crippen MR) is 348 cm³/mol. The van der Waals surface area contributed by atoms with Gasteiger partial charge in [-0.05, 0) is 126 Å². The Morgan fingerprint density at radius 2 is 0.670 bits per heavy atom. The first-order chi connectivity index (χ1) is 41.4. The van der Waals surface area contributed by atoms with Crippen LogP contribution in [0.5, 0.6) is 23.0 Å². The molecular weight excluding hydrogens is 1100 g/mol. The van der Waals surface area contributed by atoms with Crippen molar-refractivity contribution in [1.29, 1.82) is 0 Å². The van der Waals surface area contributed by atoms with Crippen molar-refractivity contribution >= 4 is 44.4 Å². The average molecular weight is 1190 g/mol. The molecule has 456 valence electrons. The average Bonchev–Trinajstić information content (AvgIpc) is 0.877. The van der Waals surface area contributed by atoms with Crippen LogP contribution in [-0.2, 0) is 74.5 Å². The third-order valence-electron chi connectivity index (χ3n) is 17.2. The molecule has 16 nitrogen and oxygen atoms in total. The second-order valence-electron chi connectivity index (χ2n) is 28.0. The lowest BCUT2D eigenvalue weighted by atomic mass is 9.79. The molecule has 0 fully saturated rings. The van der Waals surface area contributed by atoms with E-state index in [-0.39, 0.29) is 107 Å². The fourth-order valence-corrected chi connectivity index (χ4v) is 11.9. The van der Waals surface area contributed by atoms with Crippen LogP contribution in [0.3, 0.4) is 0 Å². The Kier molecular flexibility index (Phi) is 15.6. The summed E-state index contributed by atoms with van der Waals surface area (Å²) in [6, 6.07) is 31.7. The second kappa shape index (κ2) is 22.7. The third kappa shape index (κ3) is 11.7. The molecule has 0 aliphatic heterocycles. The van der Waals surface area contributed by atoms with E-state index >= 15 is 0 Å². The molecule has 0 saturated carbocycles. The fourth-order valence-electron chi connectivity index (χ4n) is 11.9. The molecule has 1 aliphatic rings. The summed E-state index contributed by atoms with van der Waals surface area (Å²) in [7, 11) is 2.91. The molecule has 0 saturated heterocycles. The largest absolute Gasteiger partial charge is 0.507 e. The summed E-state index contributed by atoms with van der Waals surface area (Å²) >= 11 is 0. The number of aryl methyl sites for hydroxylation is 2. The lowest BCUT2D eigenvalue weighted by Gasteiger charge is -2.28. The number of aromatic hydroxyl groups is 2. The first-order valence-electron chi connectivity index (χ1n) is 30.5. The topological polar surface area (TPSA) is 198 Å². The molecule has 10 aromatic rings. The first-order valence-corrected chi connectivity index (χ1v) is 30.5. The molecule has 8 bridgehead atoms. The van der Waals surface area contributed by atoms with E-state index in [0.717, 1.165) is 53.6 Å². The number of phenols is 2. The number of ether oxygens (including phenoxy) is 2. The maximum atomic E-state index is 13.9. The van der Waals surface area contributed by atoms with Crippen LogP contribution in [0.4, 0.5) is 0 Å². The standard InChI is InChI=1S/C72H80N8O8/c1-69(2,3)49-33-41-29-45-37-51(71(7,8)9)39-47(61(45)87-27-19-25-79-63-57(65(83)77(13)67(79)85)73-53-21-15-17-23-55(53)75-63)31-43-35-50(70(4,5)6)36-44(60(43)82)32-48-40-52(72(10,11)12)38-46(30-42(34-49)59(41)81)62(48)88-28-20-26-80-64-58(66(84)78(14)68(80)86)74-54-22-16-18-24-56(54)76-64/h15-18,21-24,33-40,81-82H,19-20,25-32H2,1-14H3. The van der Waals surface area contributed by atoms with Crippen molar-refractivity contribution in [1.82, 2.24) is 38.2 Å². The summed E-state index contributed by atoms with van der Waals surface area (Å²) in [5.74, 6) is 1.56. The van der Waals surface area contributed by atoms with Crippen molar-refractivity contribution in [2.75, 3.05) is 13.2 Å². The molecule has 0 atom stereocenters. The zero-order chi connectivity index (χ0) is 63.1. The fraction of sp³-hybridized carbons (Fsp3) is 0.389. The van der Waals surface area contributed by atoms with E-state index in [1.807, 2.05) is 36.4 Å². The maximum Gasteiger partial charge on any atom is 0.332 e. The van der Waals surface area contributed by atoms with Gasteiger partial charge in [0.25, 0.3) is 11.1 Å². The summed E-state index contributed by atoms with van der Waals surface area (Å²) in [5.41, 5.74) is 9.94. The van der Waals surface area contributed by atoms with Crippen molar-refractivity contribution in [3.8, 4) is 23.0 Å². The quantitative estimate of drug-likeness (QED) is 0.0972. The SMILES string of the molecule is Cn1c(=O)c2nc3ccccc3nc2n(CCCOc2c3cc(C(C)(C)C)cc2Cc2cc(C(C)(C)C)cc(c2O)Cc2cc(C(C)(C)C)cc(c2OCCCn2c(=O)n(C)c(=O)c4nc5ccccc5nc42)Cc2cc(C(C)(C)C)cc(c2O)C3)c1=O. The lowest BCUT2D eigenvalue weighted by Crippen LogP contribution is -2.39. The molecule has 6 aromatic carbocycles. The van der Waals surface area contributed by atoms with Gasteiger partial charge >= 0.3 is 11.4 Å². The van der Waals surface area contributed by atoms with Crippen molar-refractivity contribution in [3.05, 3.63) is 205 Å². The summed E-state index contributed by atoms with van der Waals surface area (Å²) < 4.78 is 19.3. The Bertz CT molecular complexity index is 4320. The molecule has 4 heterocycles. The molecule has 16 heteroatoms. The maximum absolute atomic E-state index is 13.9. The summed E-state index contributed by atoms with van der Waals surface area (Å²) in [6.45, 7) is 26.8. The molecule has 0 unspecified atom stereocenters. The minimum atomic E-state index is -0.518. The van der Waals surface area contributed by atoms with Gasteiger partial charge in [0.2, 0.25) is 0 Å². The molecular formula is C72H80N8O8. The van der Waals surface area contributed by atoms with Crippen LogP contribution in [0.1, 0.15) is 163 Å². The van der Waals surface area contributed by atoms with E-state index in [9.17, 15) is 29.4 Å². The molecule has 4 aromatic heterocycles. The number of hydrogen-bond donors (Lipinski definition) is 2. The Morgan fingerprint density at radius 3 is 0.943 bits per heavy atom. The van der Waals surface area contributed by atoms with Gasteiger partial charge in [-0.15, -0.1) is 0 Å². The van der Waals surface area contributed by atoms with Gasteiger partial charge in [-0.3, -0.25) is 27.9 Å². The van der Waals surface area contributed by atoms with E-state index in [1.54, 1.807) is 12.1 Å². The highest BCUT2D eigenvalue weighted by Gasteiger charge is 2.29. The highest BCUT2D eigenvalue weighted by atomic mass is 16.5. The van der Waals surface area contributed by atoms with Crippen LogP contribution >= 0.6 is 0 Å². The number of para-hydroxylation sites is 4. The highest BCUT2D eigenvalue weighted by Crippen LogP contribution is 2.44. The Hall–Kier alpha value is -8.92. The lowest BCUT2D eigenvalue weighted by molar-refractivity contribution is 0.295. The van der Waals surface area contributed by atoms with E-state index in [0.29, 0.717) is 68.7 Å².